The Morgan fingerprint density at radius 1 is 1.45 bits per heavy atom. The van der Waals surface area contributed by atoms with Gasteiger partial charge in [-0.05, 0) is 28.8 Å². The summed E-state index contributed by atoms with van der Waals surface area (Å²) in [5, 5.41) is 10.2. The molecule has 1 N–H and O–H groups in total. The van der Waals surface area contributed by atoms with E-state index in [1.54, 1.807) is 0 Å². The molecule has 2 unspecified atom stereocenters. The molecule has 1 aromatic rings. The van der Waals surface area contributed by atoms with Crippen LogP contribution in [0.3, 0.4) is 0 Å². The fourth-order valence-electron chi connectivity index (χ4n) is 2.92. The Bertz CT molecular complexity index is 638. The van der Waals surface area contributed by atoms with Crippen LogP contribution in [0.2, 0.25) is 0 Å². The third kappa shape index (κ3) is 1.97. The fraction of sp³-hybridized carbons (Fsp3) is 0.700. The van der Waals surface area contributed by atoms with Gasteiger partial charge in [-0.15, -0.1) is 5.10 Å². The number of sulfonamides is 1. The van der Waals surface area contributed by atoms with Crippen LogP contribution < -0.4 is 5.32 Å². The van der Waals surface area contributed by atoms with Crippen molar-refractivity contribution in [3.63, 3.8) is 0 Å². The van der Waals surface area contributed by atoms with Gasteiger partial charge in [0.25, 0.3) is 10.0 Å². The molecule has 0 bridgehead atoms. The average molecular weight is 364 g/mol. The molecule has 20 heavy (non-hydrogen) atoms. The predicted octanol–water partition coefficient (Wildman–Crippen LogP) is -0.523. The van der Waals surface area contributed by atoms with Gasteiger partial charge in [0.2, 0.25) is 10.9 Å². The lowest BCUT2D eigenvalue weighted by Gasteiger charge is -2.34. The summed E-state index contributed by atoms with van der Waals surface area (Å²) in [6.07, 6.45) is 1.41. The SMILES string of the molecule is Cn1nnc(Br)c1S(=O)(=O)N1CCCC2C(=O)NCC21. The van der Waals surface area contributed by atoms with Gasteiger partial charge in [0.1, 0.15) is 0 Å². The van der Waals surface area contributed by atoms with E-state index in [1.165, 1.54) is 16.0 Å². The van der Waals surface area contributed by atoms with Crippen LogP contribution in [-0.2, 0) is 21.9 Å². The molecule has 2 atom stereocenters. The molecule has 0 aliphatic carbocycles. The lowest BCUT2D eigenvalue weighted by molar-refractivity contribution is -0.123. The minimum absolute atomic E-state index is 0.0255. The number of piperidine rings is 1. The summed E-state index contributed by atoms with van der Waals surface area (Å²) in [5.41, 5.74) is 0. The van der Waals surface area contributed by atoms with Gasteiger partial charge in [-0.2, -0.15) is 4.31 Å². The number of nitrogens with zero attached hydrogens (tertiary/aromatic N) is 4. The maximum Gasteiger partial charge on any atom is 0.263 e. The molecule has 0 radical (unpaired) electrons. The van der Waals surface area contributed by atoms with Gasteiger partial charge in [0.15, 0.2) is 4.60 Å². The first-order valence-electron chi connectivity index (χ1n) is 6.27. The number of carbonyl (C=O) groups is 1. The molecule has 0 saturated carbocycles. The normalized spacial score (nSPS) is 27.4. The highest BCUT2D eigenvalue weighted by Crippen LogP contribution is 2.33. The van der Waals surface area contributed by atoms with Crippen LogP contribution in [0.4, 0.5) is 0 Å². The van der Waals surface area contributed by atoms with Crippen molar-refractivity contribution < 1.29 is 13.2 Å². The van der Waals surface area contributed by atoms with E-state index in [4.69, 9.17) is 0 Å². The minimum Gasteiger partial charge on any atom is -0.354 e. The second-order valence-electron chi connectivity index (χ2n) is 4.99. The van der Waals surface area contributed by atoms with Crippen molar-refractivity contribution in [1.29, 1.82) is 0 Å². The Morgan fingerprint density at radius 3 is 2.85 bits per heavy atom. The summed E-state index contributed by atoms with van der Waals surface area (Å²) in [5.74, 6) is -0.310. The molecule has 2 saturated heterocycles. The Kier molecular flexibility index (Phi) is 3.33. The summed E-state index contributed by atoms with van der Waals surface area (Å²) in [6, 6.07) is -0.317. The van der Waals surface area contributed by atoms with Crippen LogP contribution in [0, 0.1) is 5.92 Å². The monoisotopic (exact) mass is 363 g/mol. The van der Waals surface area contributed by atoms with E-state index in [-0.39, 0.29) is 27.5 Å². The number of aromatic nitrogens is 3. The van der Waals surface area contributed by atoms with E-state index < -0.39 is 10.0 Å². The topological polar surface area (TPSA) is 97.2 Å². The number of rotatable bonds is 2. The number of aryl methyl sites for hydroxylation is 1. The molecule has 2 fully saturated rings. The van der Waals surface area contributed by atoms with Gasteiger partial charge in [-0.25, -0.2) is 13.1 Å². The van der Waals surface area contributed by atoms with Crippen molar-refractivity contribution in [3.8, 4) is 0 Å². The summed E-state index contributed by atoms with van der Waals surface area (Å²) in [7, 11) is -2.19. The molecule has 8 nitrogen and oxygen atoms in total. The van der Waals surface area contributed by atoms with Crippen LogP contribution >= 0.6 is 15.9 Å². The fourth-order valence-corrected chi connectivity index (χ4v) is 5.65. The predicted molar refractivity (Wildman–Crippen MR) is 72.1 cm³/mol. The first-order valence-corrected chi connectivity index (χ1v) is 8.51. The molecular formula is C10H14BrN5O3S. The average Bonchev–Trinajstić information content (AvgIpc) is 2.93. The summed E-state index contributed by atoms with van der Waals surface area (Å²) < 4.78 is 28.4. The molecule has 3 heterocycles. The lowest BCUT2D eigenvalue weighted by atomic mass is 9.93. The number of hydrogen-bond acceptors (Lipinski definition) is 5. The third-order valence-electron chi connectivity index (χ3n) is 3.84. The summed E-state index contributed by atoms with van der Waals surface area (Å²) in [6.45, 7) is 0.779. The van der Waals surface area contributed by atoms with Crippen molar-refractivity contribution in [2.75, 3.05) is 13.1 Å². The molecule has 0 aromatic carbocycles. The Balaban J connectivity index is 2.01. The summed E-state index contributed by atoms with van der Waals surface area (Å²) in [4.78, 5) is 11.7. The zero-order valence-corrected chi connectivity index (χ0v) is 13.2. The molecule has 0 spiro atoms. The van der Waals surface area contributed by atoms with Crippen LogP contribution in [0.25, 0.3) is 0 Å². The van der Waals surface area contributed by atoms with Crippen LogP contribution in [-0.4, -0.2) is 52.8 Å². The molecular weight excluding hydrogens is 350 g/mol. The first kappa shape index (κ1) is 14.0. The van der Waals surface area contributed by atoms with Gasteiger partial charge in [0.05, 0.1) is 12.0 Å². The number of fused-ring (bicyclic) bond motifs is 1. The zero-order valence-electron chi connectivity index (χ0n) is 10.8. The van der Waals surface area contributed by atoms with E-state index in [1.807, 2.05) is 0 Å². The number of hydrogen-bond donors (Lipinski definition) is 1. The van der Waals surface area contributed by atoms with E-state index >= 15 is 0 Å². The van der Waals surface area contributed by atoms with Gasteiger partial charge >= 0.3 is 0 Å². The number of halogens is 1. The van der Waals surface area contributed by atoms with E-state index in [0.717, 1.165) is 6.42 Å². The van der Waals surface area contributed by atoms with E-state index in [2.05, 4.69) is 31.6 Å². The smallest absolute Gasteiger partial charge is 0.263 e. The molecule has 10 heteroatoms. The van der Waals surface area contributed by atoms with Gasteiger partial charge in [-0.3, -0.25) is 4.79 Å². The highest BCUT2D eigenvalue weighted by atomic mass is 79.9. The van der Waals surface area contributed by atoms with Crippen LogP contribution in [0.15, 0.2) is 9.63 Å². The van der Waals surface area contributed by atoms with Crippen LogP contribution in [0.1, 0.15) is 12.8 Å². The molecule has 110 valence electrons. The Morgan fingerprint density at radius 2 is 2.20 bits per heavy atom. The van der Waals surface area contributed by atoms with Crippen molar-refractivity contribution in [2.24, 2.45) is 13.0 Å². The second-order valence-corrected chi connectivity index (χ2v) is 7.54. The number of carbonyl (C=O) groups excluding carboxylic acids is 1. The largest absolute Gasteiger partial charge is 0.354 e. The van der Waals surface area contributed by atoms with E-state index in [9.17, 15) is 13.2 Å². The lowest BCUT2D eigenvalue weighted by Crippen LogP contribution is -2.49. The standard InChI is InChI=1S/C10H14BrN5O3S/c1-15-10(8(11)13-14-15)20(18,19)16-4-2-3-6-7(16)5-12-9(6)17/h6-7H,2-5H2,1H3,(H,12,17). The maximum absolute atomic E-state index is 12.8. The maximum atomic E-state index is 12.8. The Labute approximate surface area is 124 Å². The van der Waals surface area contributed by atoms with Gasteiger partial charge < -0.3 is 5.32 Å². The molecule has 2 aliphatic rings. The molecule has 2 aliphatic heterocycles. The van der Waals surface area contributed by atoms with Crippen molar-refractivity contribution in [2.45, 2.75) is 23.9 Å². The quantitative estimate of drug-likeness (QED) is 0.762. The molecule has 1 amide bonds. The van der Waals surface area contributed by atoms with Gasteiger partial charge in [-0.1, -0.05) is 5.21 Å². The van der Waals surface area contributed by atoms with E-state index in [0.29, 0.717) is 19.5 Å². The first-order chi connectivity index (χ1) is 9.43. The molecule has 1 aromatic heterocycles. The number of nitrogens with one attached hydrogen (secondary N) is 1. The van der Waals surface area contributed by atoms with Crippen molar-refractivity contribution in [3.05, 3.63) is 4.60 Å². The zero-order chi connectivity index (χ0) is 14.5. The Hall–Kier alpha value is -1.00. The number of amides is 1. The second kappa shape index (κ2) is 4.78. The highest BCUT2D eigenvalue weighted by Gasteiger charge is 2.46. The van der Waals surface area contributed by atoms with Crippen LogP contribution in [0.5, 0.6) is 0 Å². The van der Waals surface area contributed by atoms with Crippen molar-refractivity contribution >= 4 is 31.9 Å². The summed E-state index contributed by atoms with van der Waals surface area (Å²) >= 11 is 3.12. The third-order valence-corrected chi connectivity index (χ3v) is 6.65. The highest BCUT2D eigenvalue weighted by molar-refractivity contribution is 9.10. The minimum atomic E-state index is -3.73. The van der Waals surface area contributed by atoms with Gasteiger partial charge in [0, 0.05) is 20.1 Å². The van der Waals surface area contributed by atoms with Crippen molar-refractivity contribution in [1.82, 2.24) is 24.6 Å². The molecule has 3 rings (SSSR count).